The molecule has 2 aromatic rings. The summed E-state index contributed by atoms with van der Waals surface area (Å²) in [5.74, 6) is 0.538. The van der Waals surface area contributed by atoms with Gasteiger partial charge in [-0.05, 0) is 33.6 Å². The highest BCUT2D eigenvalue weighted by Crippen LogP contribution is 2.30. The summed E-state index contributed by atoms with van der Waals surface area (Å²) in [6.45, 7) is 0. The SMILES string of the molecule is Nc1ncc(SCc2ccc(F)c(Br)c2)s1. The molecule has 16 heavy (non-hydrogen) atoms. The highest BCUT2D eigenvalue weighted by molar-refractivity contribution is 9.10. The van der Waals surface area contributed by atoms with Crippen LogP contribution in [0.25, 0.3) is 0 Å². The molecule has 0 fully saturated rings. The van der Waals surface area contributed by atoms with E-state index in [9.17, 15) is 4.39 Å². The number of hydrogen-bond acceptors (Lipinski definition) is 4. The smallest absolute Gasteiger partial charge is 0.181 e. The molecule has 0 saturated carbocycles. The Morgan fingerprint density at radius 1 is 1.50 bits per heavy atom. The van der Waals surface area contributed by atoms with Crippen molar-refractivity contribution in [2.45, 2.75) is 9.96 Å². The van der Waals surface area contributed by atoms with Crippen molar-refractivity contribution in [1.82, 2.24) is 4.98 Å². The van der Waals surface area contributed by atoms with E-state index in [2.05, 4.69) is 20.9 Å². The van der Waals surface area contributed by atoms with Gasteiger partial charge in [0.1, 0.15) is 5.82 Å². The fourth-order valence-electron chi connectivity index (χ4n) is 1.12. The van der Waals surface area contributed by atoms with Crippen LogP contribution in [0.3, 0.4) is 0 Å². The number of halogens is 2. The Bertz CT molecular complexity index is 501. The minimum atomic E-state index is -0.240. The van der Waals surface area contributed by atoms with Gasteiger partial charge < -0.3 is 5.73 Å². The summed E-state index contributed by atoms with van der Waals surface area (Å²) in [6.07, 6.45) is 1.75. The van der Waals surface area contributed by atoms with Gasteiger partial charge in [-0.1, -0.05) is 17.4 Å². The number of aromatic nitrogens is 1. The third kappa shape index (κ3) is 2.96. The van der Waals surface area contributed by atoms with Crippen LogP contribution in [-0.2, 0) is 5.75 Å². The summed E-state index contributed by atoms with van der Waals surface area (Å²) in [6, 6.07) is 5.02. The average molecular weight is 319 g/mol. The lowest BCUT2D eigenvalue weighted by Gasteiger charge is -2.01. The molecule has 0 spiro atoms. The van der Waals surface area contributed by atoms with Crippen molar-refractivity contribution in [3.8, 4) is 0 Å². The predicted molar refractivity (Wildman–Crippen MR) is 70.2 cm³/mol. The molecule has 0 aliphatic heterocycles. The normalized spacial score (nSPS) is 10.6. The molecule has 1 aromatic heterocycles. The number of anilines is 1. The Labute approximate surface area is 109 Å². The lowest BCUT2D eigenvalue weighted by atomic mass is 10.2. The molecule has 0 aliphatic rings. The van der Waals surface area contributed by atoms with E-state index in [0.29, 0.717) is 9.60 Å². The number of nitrogen functional groups attached to an aromatic ring is 1. The fourth-order valence-corrected chi connectivity index (χ4v) is 3.25. The van der Waals surface area contributed by atoms with Gasteiger partial charge >= 0.3 is 0 Å². The first-order valence-electron chi connectivity index (χ1n) is 4.43. The Morgan fingerprint density at radius 2 is 2.31 bits per heavy atom. The number of thiazole rings is 1. The number of nitrogens with two attached hydrogens (primary N) is 1. The Morgan fingerprint density at radius 3 is 2.94 bits per heavy atom. The van der Waals surface area contributed by atoms with Crippen LogP contribution in [0.2, 0.25) is 0 Å². The van der Waals surface area contributed by atoms with Crippen molar-refractivity contribution in [3.63, 3.8) is 0 Å². The van der Waals surface area contributed by atoms with Gasteiger partial charge in [0.15, 0.2) is 5.13 Å². The number of rotatable bonds is 3. The summed E-state index contributed by atoms with van der Waals surface area (Å²) >= 11 is 6.26. The molecule has 0 atom stereocenters. The van der Waals surface area contributed by atoms with Crippen molar-refractivity contribution in [3.05, 3.63) is 40.2 Å². The van der Waals surface area contributed by atoms with Crippen molar-refractivity contribution in [2.75, 3.05) is 5.73 Å². The highest BCUT2D eigenvalue weighted by Gasteiger charge is 2.03. The molecule has 1 heterocycles. The average Bonchev–Trinajstić information content (AvgIpc) is 2.66. The summed E-state index contributed by atoms with van der Waals surface area (Å²) in [5, 5.41) is 0.572. The van der Waals surface area contributed by atoms with Crippen LogP contribution in [0.1, 0.15) is 5.56 Å². The predicted octanol–water partition coefficient (Wildman–Crippen LogP) is 3.92. The van der Waals surface area contributed by atoms with E-state index in [-0.39, 0.29) is 5.82 Å². The third-order valence-electron chi connectivity index (χ3n) is 1.87. The van der Waals surface area contributed by atoms with Gasteiger partial charge in [-0.2, -0.15) is 0 Å². The van der Waals surface area contributed by atoms with E-state index in [1.54, 1.807) is 30.1 Å². The molecule has 0 radical (unpaired) electrons. The zero-order valence-electron chi connectivity index (χ0n) is 8.11. The van der Waals surface area contributed by atoms with Crippen LogP contribution in [0.5, 0.6) is 0 Å². The highest BCUT2D eigenvalue weighted by atomic mass is 79.9. The molecule has 1 aromatic carbocycles. The van der Waals surface area contributed by atoms with E-state index < -0.39 is 0 Å². The van der Waals surface area contributed by atoms with Gasteiger partial charge in [0.05, 0.1) is 14.9 Å². The molecular formula is C10H8BrFN2S2. The van der Waals surface area contributed by atoms with Crippen LogP contribution >= 0.6 is 39.0 Å². The van der Waals surface area contributed by atoms with Crippen molar-refractivity contribution in [1.29, 1.82) is 0 Å². The van der Waals surface area contributed by atoms with Crippen LogP contribution in [-0.4, -0.2) is 4.98 Å². The van der Waals surface area contributed by atoms with Crippen LogP contribution in [0.15, 0.2) is 33.1 Å². The Hall–Kier alpha value is -0.590. The number of benzene rings is 1. The maximum atomic E-state index is 13.0. The second kappa shape index (κ2) is 5.16. The summed E-state index contributed by atoms with van der Waals surface area (Å²) < 4.78 is 14.5. The topological polar surface area (TPSA) is 38.9 Å². The standard InChI is InChI=1S/C10H8BrFN2S2/c11-7-3-6(1-2-8(7)12)5-15-9-4-14-10(13)16-9/h1-4H,5H2,(H2,13,14). The maximum Gasteiger partial charge on any atom is 0.181 e. The first-order valence-corrected chi connectivity index (χ1v) is 7.02. The van der Waals surface area contributed by atoms with E-state index in [1.807, 2.05) is 0 Å². The molecule has 0 bridgehead atoms. The van der Waals surface area contributed by atoms with Crippen LogP contribution in [0, 0.1) is 5.82 Å². The van der Waals surface area contributed by atoms with Crippen LogP contribution in [0.4, 0.5) is 9.52 Å². The third-order valence-corrected chi connectivity index (χ3v) is 4.57. The molecule has 0 saturated heterocycles. The molecule has 0 aliphatic carbocycles. The minimum Gasteiger partial charge on any atom is -0.375 e. The summed E-state index contributed by atoms with van der Waals surface area (Å²) in [5.41, 5.74) is 6.59. The van der Waals surface area contributed by atoms with Crippen molar-refractivity contribution >= 4 is 44.2 Å². The zero-order valence-corrected chi connectivity index (χ0v) is 11.3. The van der Waals surface area contributed by atoms with Gasteiger partial charge in [-0.25, -0.2) is 9.37 Å². The molecule has 2 N–H and O–H groups in total. The summed E-state index contributed by atoms with van der Waals surface area (Å²) in [7, 11) is 0. The van der Waals surface area contributed by atoms with E-state index in [1.165, 1.54) is 17.4 Å². The van der Waals surface area contributed by atoms with Gasteiger partial charge in [0.25, 0.3) is 0 Å². The molecule has 84 valence electrons. The van der Waals surface area contributed by atoms with Crippen molar-refractivity contribution < 1.29 is 4.39 Å². The lowest BCUT2D eigenvalue weighted by Crippen LogP contribution is -1.83. The largest absolute Gasteiger partial charge is 0.375 e. The van der Waals surface area contributed by atoms with Gasteiger partial charge in [0, 0.05) is 5.75 Å². The first-order chi connectivity index (χ1) is 7.65. The van der Waals surface area contributed by atoms with E-state index >= 15 is 0 Å². The van der Waals surface area contributed by atoms with E-state index in [0.717, 1.165) is 15.5 Å². The quantitative estimate of drug-likeness (QED) is 0.872. The van der Waals surface area contributed by atoms with Gasteiger partial charge in [-0.15, -0.1) is 11.8 Å². The Kier molecular flexibility index (Phi) is 3.83. The fraction of sp³-hybridized carbons (Fsp3) is 0.100. The Balaban J connectivity index is 2.02. The van der Waals surface area contributed by atoms with Crippen molar-refractivity contribution in [2.24, 2.45) is 0 Å². The number of thioether (sulfide) groups is 1. The zero-order chi connectivity index (χ0) is 11.5. The summed E-state index contributed by atoms with van der Waals surface area (Å²) in [4.78, 5) is 3.97. The number of hydrogen-bond donors (Lipinski definition) is 1. The molecule has 0 unspecified atom stereocenters. The first kappa shape index (κ1) is 11.9. The maximum absolute atomic E-state index is 13.0. The lowest BCUT2D eigenvalue weighted by molar-refractivity contribution is 0.620. The minimum absolute atomic E-state index is 0.240. The molecule has 2 nitrogen and oxygen atoms in total. The molecular weight excluding hydrogens is 311 g/mol. The molecule has 2 rings (SSSR count). The number of nitrogens with zero attached hydrogens (tertiary/aromatic N) is 1. The van der Waals surface area contributed by atoms with Crippen LogP contribution < -0.4 is 5.73 Å². The monoisotopic (exact) mass is 318 g/mol. The van der Waals surface area contributed by atoms with Gasteiger partial charge in [0.2, 0.25) is 0 Å². The molecule has 0 amide bonds. The second-order valence-electron chi connectivity index (χ2n) is 3.05. The second-order valence-corrected chi connectivity index (χ2v) is 6.25. The van der Waals surface area contributed by atoms with Gasteiger partial charge in [-0.3, -0.25) is 0 Å². The molecule has 6 heteroatoms. The van der Waals surface area contributed by atoms with E-state index in [4.69, 9.17) is 5.73 Å².